The number of carbonyl (C=O) groups excluding carboxylic acids is 1. The van der Waals surface area contributed by atoms with Crippen molar-refractivity contribution in [2.45, 2.75) is 18.9 Å². The third-order valence-corrected chi connectivity index (χ3v) is 4.82. The lowest BCUT2D eigenvalue weighted by atomic mass is 10.0. The van der Waals surface area contributed by atoms with Crippen molar-refractivity contribution in [3.8, 4) is 6.07 Å². The Bertz CT molecular complexity index is 782. The van der Waals surface area contributed by atoms with E-state index in [-0.39, 0.29) is 25.1 Å². The summed E-state index contributed by atoms with van der Waals surface area (Å²) in [5, 5.41) is 23.2. The van der Waals surface area contributed by atoms with Crippen LogP contribution in [0.5, 0.6) is 0 Å². The third-order valence-electron chi connectivity index (χ3n) is 3.88. The van der Waals surface area contributed by atoms with Gasteiger partial charge in [0.2, 0.25) is 15.9 Å². The average Bonchev–Trinajstić information content (AvgIpc) is 2.83. The lowest BCUT2D eigenvalue weighted by molar-refractivity contribution is -0.148. The van der Waals surface area contributed by atoms with Gasteiger partial charge in [0.05, 0.1) is 17.4 Å². The maximum Gasteiger partial charge on any atom is 0.326 e. The molecule has 0 bridgehead atoms. The van der Waals surface area contributed by atoms with Crippen LogP contribution < -0.4 is 5.14 Å². The highest BCUT2D eigenvalue weighted by atomic mass is 32.2. The van der Waals surface area contributed by atoms with E-state index in [0.717, 1.165) is 0 Å². The van der Waals surface area contributed by atoms with Gasteiger partial charge in [-0.15, -0.1) is 0 Å². The van der Waals surface area contributed by atoms with Crippen molar-refractivity contribution in [2.24, 2.45) is 11.1 Å². The van der Waals surface area contributed by atoms with E-state index in [1.165, 1.54) is 4.90 Å². The molecule has 1 aliphatic rings. The van der Waals surface area contributed by atoms with Gasteiger partial charge in [0.15, 0.2) is 0 Å². The summed E-state index contributed by atoms with van der Waals surface area (Å²) in [7, 11) is -3.72. The fraction of sp³-hybridized carbons (Fsp3) is 0.400. The summed E-state index contributed by atoms with van der Waals surface area (Å²) < 4.78 is 22.3. The molecule has 2 atom stereocenters. The van der Waals surface area contributed by atoms with Crippen molar-refractivity contribution >= 4 is 21.9 Å². The van der Waals surface area contributed by atoms with Crippen LogP contribution in [-0.2, 0) is 26.0 Å². The van der Waals surface area contributed by atoms with Gasteiger partial charge >= 0.3 is 5.97 Å². The highest BCUT2D eigenvalue weighted by Gasteiger charge is 2.38. The number of carbonyl (C=O) groups is 2. The molecule has 0 aliphatic carbocycles. The Morgan fingerprint density at radius 1 is 1.42 bits per heavy atom. The normalized spacial score (nSPS) is 19.1. The molecular weight excluding hydrogens is 334 g/mol. The largest absolute Gasteiger partial charge is 0.480 e. The molecule has 1 heterocycles. The van der Waals surface area contributed by atoms with Crippen LogP contribution in [0.2, 0.25) is 0 Å². The number of primary sulfonamides is 1. The van der Waals surface area contributed by atoms with Crippen LogP contribution in [0.3, 0.4) is 0 Å². The molecule has 9 heteroatoms. The Kier molecular flexibility index (Phi) is 5.21. The number of amides is 1. The van der Waals surface area contributed by atoms with Gasteiger partial charge in [-0.1, -0.05) is 12.1 Å². The van der Waals surface area contributed by atoms with Gasteiger partial charge in [-0.05, 0) is 17.7 Å². The molecule has 1 fully saturated rings. The van der Waals surface area contributed by atoms with Crippen molar-refractivity contribution in [1.29, 1.82) is 5.26 Å². The number of nitrogens with zero attached hydrogens (tertiary/aromatic N) is 2. The van der Waals surface area contributed by atoms with E-state index >= 15 is 0 Å². The van der Waals surface area contributed by atoms with Crippen molar-refractivity contribution in [2.75, 3.05) is 12.3 Å². The molecule has 2 rings (SSSR count). The molecule has 0 saturated carbocycles. The predicted octanol–water partition coefficient (Wildman–Crippen LogP) is -0.309. The first kappa shape index (κ1) is 17.9. The second-order valence-corrected chi connectivity index (χ2v) is 7.47. The van der Waals surface area contributed by atoms with E-state index in [1.807, 2.05) is 6.07 Å². The highest BCUT2D eigenvalue weighted by Crippen LogP contribution is 2.23. The topological polar surface area (TPSA) is 142 Å². The van der Waals surface area contributed by atoms with Crippen LogP contribution in [0.4, 0.5) is 0 Å². The second kappa shape index (κ2) is 6.98. The van der Waals surface area contributed by atoms with Crippen LogP contribution in [0, 0.1) is 17.2 Å². The number of nitrogens with two attached hydrogens (primary N) is 1. The Labute approximate surface area is 139 Å². The Morgan fingerprint density at radius 2 is 2.04 bits per heavy atom. The monoisotopic (exact) mass is 351 g/mol. The molecule has 1 saturated heterocycles. The second-order valence-electron chi connectivity index (χ2n) is 5.81. The highest BCUT2D eigenvalue weighted by molar-refractivity contribution is 7.89. The van der Waals surface area contributed by atoms with E-state index in [0.29, 0.717) is 11.1 Å². The number of carboxylic acid groups (broad SMARTS) is 1. The number of carboxylic acids is 1. The zero-order valence-corrected chi connectivity index (χ0v) is 13.6. The average molecular weight is 351 g/mol. The Morgan fingerprint density at radius 3 is 2.54 bits per heavy atom. The first-order valence-electron chi connectivity index (χ1n) is 7.21. The molecule has 0 aromatic heterocycles. The first-order chi connectivity index (χ1) is 11.2. The minimum absolute atomic E-state index is 0.0341. The molecule has 0 spiro atoms. The van der Waals surface area contributed by atoms with Gasteiger partial charge in [0.25, 0.3) is 0 Å². The van der Waals surface area contributed by atoms with Crippen molar-refractivity contribution in [3.05, 3.63) is 35.4 Å². The first-order valence-corrected chi connectivity index (χ1v) is 8.93. The summed E-state index contributed by atoms with van der Waals surface area (Å²) in [5.74, 6) is -2.41. The molecule has 128 valence electrons. The number of nitriles is 1. The molecule has 0 radical (unpaired) electrons. The van der Waals surface area contributed by atoms with Crippen molar-refractivity contribution in [3.63, 3.8) is 0 Å². The number of hydrogen-bond donors (Lipinski definition) is 2. The molecule has 1 amide bonds. The third kappa shape index (κ3) is 4.53. The number of likely N-dealkylation sites (tertiary alicyclic amines) is 1. The van der Waals surface area contributed by atoms with Crippen molar-refractivity contribution in [1.82, 2.24) is 4.90 Å². The number of hydrogen-bond acceptors (Lipinski definition) is 5. The maximum absolute atomic E-state index is 12.1. The van der Waals surface area contributed by atoms with Gasteiger partial charge in [0, 0.05) is 25.3 Å². The number of benzene rings is 1. The summed E-state index contributed by atoms with van der Waals surface area (Å²) in [5.41, 5.74) is 1.13. The van der Waals surface area contributed by atoms with E-state index in [4.69, 9.17) is 10.4 Å². The Hall–Kier alpha value is -2.44. The van der Waals surface area contributed by atoms with Gasteiger partial charge < -0.3 is 10.0 Å². The summed E-state index contributed by atoms with van der Waals surface area (Å²) in [4.78, 5) is 24.8. The number of aliphatic carboxylic acids is 1. The van der Waals surface area contributed by atoms with E-state index in [9.17, 15) is 23.1 Å². The lowest BCUT2D eigenvalue weighted by Gasteiger charge is -2.25. The zero-order valence-electron chi connectivity index (χ0n) is 12.8. The fourth-order valence-corrected chi connectivity index (χ4v) is 3.70. The van der Waals surface area contributed by atoms with E-state index < -0.39 is 33.9 Å². The predicted molar refractivity (Wildman–Crippen MR) is 84.1 cm³/mol. The minimum atomic E-state index is -3.72. The van der Waals surface area contributed by atoms with Crippen LogP contribution in [0.1, 0.15) is 17.5 Å². The fourth-order valence-electron chi connectivity index (χ4n) is 2.82. The lowest BCUT2D eigenvalue weighted by Crippen LogP contribution is -2.44. The summed E-state index contributed by atoms with van der Waals surface area (Å²) in [6.45, 7) is 0.0442. The zero-order chi connectivity index (χ0) is 17.9. The SMILES string of the molecule is N#Cc1ccc(C[C@@H](C(=O)O)N2CC(CS(N)(=O)=O)CC2=O)cc1. The van der Waals surface area contributed by atoms with Gasteiger partial charge in [-0.3, -0.25) is 4.79 Å². The van der Waals surface area contributed by atoms with Crippen LogP contribution >= 0.6 is 0 Å². The standard InChI is InChI=1S/C15H17N3O5S/c16-7-11-3-1-10(2-4-11)5-13(15(20)21)18-8-12(6-14(18)19)9-24(17,22)23/h1-4,12-13H,5-6,8-9H2,(H,20,21)(H2,17,22,23)/t12?,13-/m0/s1. The van der Waals surface area contributed by atoms with Gasteiger partial charge in [0.1, 0.15) is 6.04 Å². The molecule has 1 aliphatic heterocycles. The molecular formula is C15H17N3O5S. The molecule has 3 N–H and O–H groups in total. The maximum atomic E-state index is 12.1. The number of rotatable bonds is 6. The van der Waals surface area contributed by atoms with E-state index in [1.54, 1.807) is 24.3 Å². The minimum Gasteiger partial charge on any atom is -0.480 e. The molecule has 8 nitrogen and oxygen atoms in total. The quantitative estimate of drug-likeness (QED) is 0.720. The van der Waals surface area contributed by atoms with Gasteiger partial charge in [-0.2, -0.15) is 5.26 Å². The van der Waals surface area contributed by atoms with Crippen LogP contribution in [-0.4, -0.2) is 48.6 Å². The molecule has 1 aromatic rings. The summed E-state index contributed by atoms with van der Waals surface area (Å²) in [6.07, 6.45) is 0.0441. The van der Waals surface area contributed by atoms with Gasteiger partial charge in [-0.25, -0.2) is 18.4 Å². The molecule has 1 aromatic carbocycles. The van der Waals surface area contributed by atoms with E-state index in [2.05, 4.69) is 0 Å². The van der Waals surface area contributed by atoms with Crippen LogP contribution in [0.15, 0.2) is 24.3 Å². The summed E-state index contributed by atoms with van der Waals surface area (Å²) in [6, 6.07) is 7.30. The van der Waals surface area contributed by atoms with Crippen LogP contribution in [0.25, 0.3) is 0 Å². The smallest absolute Gasteiger partial charge is 0.326 e. The van der Waals surface area contributed by atoms with Crippen molar-refractivity contribution < 1.29 is 23.1 Å². The number of sulfonamides is 1. The molecule has 1 unspecified atom stereocenters. The molecule has 24 heavy (non-hydrogen) atoms. The Balaban J connectivity index is 2.14. The summed E-state index contributed by atoms with van der Waals surface area (Å²) >= 11 is 0.